The molecule has 0 amide bonds. The molecule has 1 N–H and O–H groups in total. The minimum absolute atomic E-state index is 0.240. The fourth-order valence-corrected chi connectivity index (χ4v) is 3.30. The zero-order valence-corrected chi connectivity index (χ0v) is 17.3. The van der Waals surface area contributed by atoms with Gasteiger partial charge >= 0.3 is 0 Å². The summed E-state index contributed by atoms with van der Waals surface area (Å²) >= 11 is 0. The maximum Gasteiger partial charge on any atom is 0.264 e. The number of rotatable bonds is 13. The summed E-state index contributed by atoms with van der Waals surface area (Å²) in [5.74, 6) is 1.26. The number of ether oxygens (including phenoxy) is 2. The lowest BCUT2D eigenvalue weighted by molar-refractivity contribution is 0.304. The zero-order chi connectivity index (χ0) is 20.2. The molecule has 0 radical (unpaired) electrons. The van der Waals surface area contributed by atoms with Crippen molar-refractivity contribution in [2.45, 2.75) is 45.4 Å². The summed E-state index contributed by atoms with van der Waals surface area (Å²) in [6.07, 6.45) is 6.38. The first-order chi connectivity index (χ1) is 13.5. The molecule has 0 aromatic heterocycles. The Morgan fingerprint density at radius 2 is 1.18 bits per heavy atom. The zero-order valence-electron chi connectivity index (χ0n) is 16.5. The van der Waals surface area contributed by atoms with Crippen LogP contribution in [0.3, 0.4) is 0 Å². The van der Waals surface area contributed by atoms with E-state index >= 15 is 0 Å². The molecule has 2 aromatic carbocycles. The van der Waals surface area contributed by atoms with Crippen molar-refractivity contribution < 1.29 is 22.4 Å². The molecule has 0 fully saturated rings. The number of unbranched alkanes of at least 4 members (excludes halogenated alkanes) is 4. The van der Waals surface area contributed by atoms with Crippen molar-refractivity contribution >= 4 is 10.1 Å². The minimum Gasteiger partial charge on any atom is -0.494 e. The van der Waals surface area contributed by atoms with Gasteiger partial charge in [0.1, 0.15) is 11.5 Å². The highest BCUT2D eigenvalue weighted by Crippen LogP contribution is 2.25. The molecule has 0 atom stereocenters. The molecule has 28 heavy (non-hydrogen) atoms. The predicted octanol–water partition coefficient (Wildman–Crippen LogP) is 5.36. The summed E-state index contributed by atoms with van der Waals surface area (Å²) in [6, 6.07) is 15.7. The Bertz CT molecular complexity index is 783. The van der Waals surface area contributed by atoms with Crippen LogP contribution >= 0.6 is 0 Å². The molecule has 0 bridgehead atoms. The van der Waals surface area contributed by atoms with Crippen LogP contribution < -0.4 is 9.47 Å². The highest BCUT2D eigenvalue weighted by molar-refractivity contribution is 7.85. The molecule has 0 saturated heterocycles. The third-order valence-electron chi connectivity index (χ3n) is 4.37. The summed E-state index contributed by atoms with van der Waals surface area (Å²) < 4.78 is 41.3. The van der Waals surface area contributed by atoms with Crippen molar-refractivity contribution in [3.63, 3.8) is 0 Å². The van der Waals surface area contributed by atoms with Crippen molar-refractivity contribution in [1.82, 2.24) is 0 Å². The van der Waals surface area contributed by atoms with E-state index < -0.39 is 10.1 Å². The minimum atomic E-state index is -3.93. The van der Waals surface area contributed by atoms with Gasteiger partial charge in [-0.3, -0.25) is 4.55 Å². The molecule has 5 nitrogen and oxygen atoms in total. The highest BCUT2D eigenvalue weighted by atomic mass is 32.2. The molecule has 0 aliphatic rings. The lowest BCUT2D eigenvalue weighted by Gasteiger charge is -2.09. The first-order valence-corrected chi connectivity index (χ1v) is 11.5. The lowest BCUT2D eigenvalue weighted by atomic mass is 10.1. The van der Waals surface area contributed by atoms with E-state index in [0.29, 0.717) is 5.75 Å². The quantitative estimate of drug-likeness (QED) is 0.358. The van der Waals surface area contributed by atoms with Crippen LogP contribution in [-0.2, 0) is 10.1 Å². The van der Waals surface area contributed by atoms with Crippen molar-refractivity contribution in [2.24, 2.45) is 0 Å². The Morgan fingerprint density at radius 3 is 1.64 bits per heavy atom. The Balaban J connectivity index is 1.77. The van der Waals surface area contributed by atoms with E-state index in [4.69, 9.17) is 14.0 Å². The van der Waals surface area contributed by atoms with Gasteiger partial charge in [-0.25, -0.2) is 0 Å². The van der Waals surface area contributed by atoms with E-state index in [1.807, 2.05) is 48.5 Å². The van der Waals surface area contributed by atoms with Crippen LogP contribution in [0, 0.1) is 0 Å². The van der Waals surface area contributed by atoms with Crippen molar-refractivity contribution in [1.29, 1.82) is 0 Å². The summed E-state index contributed by atoms with van der Waals surface area (Å²) in [5.41, 5.74) is 2.16. The molecular formula is C22H30O5S. The summed E-state index contributed by atoms with van der Waals surface area (Å²) in [5, 5.41) is 0. The number of benzene rings is 2. The van der Waals surface area contributed by atoms with Crippen LogP contribution in [0.2, 0.25) is 0 Å². The van der Waals surface area contributed by atoms with Crippen LogP contribution in [-0.4, -0.2) is 31.9 Å². The van der Waals surface area contributed by atoms with Gasteiger partial charge in [0, 0.05) is 0 Å². The summed E-state index contributed by atoms with van der Waals surface area (Å²) in [4.78, 5) is 0. The molecule has 2 aromatic rings. The van der Waals surface area contributed by atoms with Crippen LogP contribution in [0.4, 0.5) is 0 Å². The third-order valence-corrected chi connectivity index (χ3v) is 5.18. The molecule has 2 rings (SSSR count). The van der Waals surface area contributed by atoms with Crippen LogP contribution in [0.15, 0.2) is 48.5 Å². The topological polar surface area (TPSA) is 72.8 Å². The number of hydrogen-bond acceptors (Lipinski definition) is 4. The van der Waals surface area contributed by atoms with Crippen LogP contribution in [0.5, 0.6) is 11.5 Å². The summed E-state index contributed by atoms with van der Waals surface area (Å²) in [6.45, 7) is 3.21. The molecule has 0 spiro atoms. The van der Waals surface area contributed by atoms with E-state index in [1.165, 1.54) is 25.7 Å². The van der Waals surface area contributed by atoms with Crippen LogP contribution in [0.25, 0.3) is 11.1 Å². The average molecular weight is 407 g/mol. The standard InChI is InChI=1S/C22H30O5S/c1-2-3-4-5-6-16-26-21-12-8-19(9-13-21)20-10-14-22(15-11-20)27-17-7-18-28(23,24)25/h8-15H,2-7,16-18H2,1H3,(H,23,24,25). The van der Waals surface area contributed by atoms with E-state index in [1.54, 1.807) is 0 Å². The maximum atomic E-state index is 10.7. The second-order valence-electron chi connectivity index (χ2n) is 6.80. The molecule has 0 unspecified atom stereocenters. The average Bonchev–Trinajstić information content (AvgIpc) is 2.68. The molecule has 0 aliphatic carbocycles. The van der Waals surface area contributed by atoms with E-state index in [2.05, 4.69) is 6.92 Å². The predicted molar refractivity (Wildman–Crippen MR) is 113 cm³/mol. The van der Waals surface area contributed by atoms with Gasteiger partial charge in [0.25, 0.3) is 10.1 Å². The van der Waals surface area contributed by atoms with Gasteiger partial charge in [0.05, 0.1) is 19.0 Å². The SMILES string of the molecule is CCCCCCCOc1ccc(-c2ccc(OCCCS(=O)(=O)O)cc2)cc1. The second kappa shape index (κ2) is 11.7. The van der Waals surface area contributed by atoms with Crippen LogP contribution in [0.1, 0.15) is 45.4 Å². The first kappa shape index (κ1) is 22.2. The lowest BCUT2D eigenvalue weighted by Crippen LogP contribution is -2.08. The normalized spacial score (nSPS) is 11.4. The van der Waals surface area contributed by atoms with Gasteiger partial charge in [0.2, 0.25) is 0 Å². The van der Waals surface area contributed by atoms with Gasteiger partial charge in [-0.1, -0.05) is 56.9 Å². The molecule has 0 saturated carbocycles. The fourth-order valence-electron chi connectivity index (χ4n) is 2.81. The van der Waals surface area contributed by atoms with Crippen molar-refractivity contribution in [3.05, 3.63) is 48.5 Å². The van der Waals surface area contributed by atoms with Gasteiger partial charge < -0.3 is 9.47 Å². The Hall–Kier alpha value is -2.05. The monoisotopic (exact) mass is 406 g/mol. The third kappa shape index (κ3) is 8.76. The molecular weight excluding hydrogens is 376 g/mol. The smallest absolute Gasteiger partial charge is 0.264 e. The van der Waals surface area contributed by atoms with Gasteiger partial charge in [-0.2, -0.15) is 8.42 Å². The van der Waals surface area contributed by atoms with Gasteiger partial charge in [0.15, 0.2) is 0 Å². The first-order valence-electron chi connectivity index (χ1n) is 9.89. The summed E-state index contributed by atoms with van der Waals surface area (Å²) in [7, 11) is -3.93. The molecule has 154 valence electrons. The fraction of sp³-hybridized carbons (Fsp3) is 0.455. The Morgan fingerprint density at radius 1 is 0.714 bits per heavy atom. The molecule has 0 heterocycles. The van der Waals surface area contributed by atoms with E-state index in [-0.39, 0.29) is 18.8 Å². The van der Waals surface area contributed by atoms with Crippen molar-refractivity contribution in [3.8, 4) is 22.6 Å². The van der Waals surface area contributed by atoms with Gasteiger partial charge in [-0.15, -0.1) is 0 Å². The molecule has 0 aliphatic heterocycles. The largest absolute Gasteiger partial charge is 0.494 e. The number of hydrogen-bond donors (Lipinski definition) is 1. The second-order valence-corrected chi connectivity index (χ2v) is 8.37. The van der Waals surface area contributed by atoms with E-state index in [9.17, 15) is 8.42 Å². The van der Waals surface area contributed by atoms with Gasteiger partial charge in [-0.05, 0) is 48.2 Å². The Labute approximate surface area is 168 Å². The van der Waals surface area contributed by atoms with Crippen molar-refractivity contribution in [2.75, 3.05) is 19.0 Å². The van der Waals surface area contributed by atoms with E-state index in [0.717, 1.165) is 29.9 Å². The highest BCUT2D eigenvalue weighted by Gasteiger charge is 2.04. The molecule has 6 heteroatoms. The maximum absolute atomic E-state index is 10.7. The Kier molecular flexibility index (Phi) is 9.31.